The SMILES string of the molecule is COc1cc(C(C)(C)c2cnc(SCc3c(F)cc(S(=O)(=O)N(C)[C@@H](CCC[N+](C)(C)C)C(=O)O)cc3F)n2-c2ccc(F)cc2)cc(F)c1F. The second-order valence-electron chi connectivity index (χ2n) is 13.5. The van der Waals surface area contributed by atoms with Crippen LogP contribution in [0.2, 0.25) is 0 Å². The Bertz CT molecular complexity index is 1990. The predicted octanol–water partition coefficient (Wildman–Crippen LogP) is 6.75. The number of quaternary nitrogens is 1. The monoisotopic (exact) mass is 755 g/mol. The van der Waals surface area contributed by atoms with Crippen LogP contribution in [0, 0.1) is 29.1 Å². The van der Waals surface area contributed by atoms with Crippen LogP contribution in [0.1, 0.15) is 43.5 Å². The molecule has 3 aromatic carbocycles. The summed E-state index contributed by atoms with van der Waals surface area (Å²) in [6.07, 6.45) is 1.83. The van der Waals surface area contributed by atoms with Gasteiger partial charge in [-0.25, -0.2) is 31.0 Å². The molecular formula is C35H40F5N4O5S2+. The number of imidazole rings is 1. The number of hydrogen-bond acceptors (Lipinski definition) is 6. The molecule has 1 atom stereocenters. The summed E-state index contributed by atoms with van der Waals surface area (Å²) in [6, 6.07) is 7.51. The van der Waals surface area contributed by atoms with E-state index in [4.69, 9.17) is 4.74 Å². The molecule has 0 bridgehead atoms. The average Bonchev–Trinajstić information content (AvgIpc) is 3.48. The average molecular weight is 756 g/mol. The van der Waals surface area contributed by atoms with E-state index in [0.29, 0.717) is 50.8 Å². The van der Waals surface area contributed by atoms with Gasteiger partial charge in [0.2, 0.25) is 15.8 Å². The van der Waals surface area contributed by atoms with E-state index in [1.54, 1.807) is 18.4 Å². The van der Waals surface area contributed by atoms with Crippen LogP contribution in [0.4, 0.5) is 22.0 Å². The standard InChI is InChI=1S/C35H39F5N4O5S2/c1-35(2,21-15-28(39)32(40)30(16-21)49-7)31-19-41-34(43(31)23-12-10-22(36)11-13-23)50-20-25-26(37)17-24(18-27(25)38)51(47,48)42(3)29(33(45)46)9-8-14-44(4,5)6/h10-13,15-19,29H,8-9,14,20H2,1-7H3/p+1/t29-/m0/s1. The highest BCUT2D eigenvalue weighted by Crippen LogP contribution is 2.39. The van der Waals surface area contributed by atoms with Gasteiger partial charge in [-0.05, 0) is 66.9 Å². The van der Waals surface area contributed by atoms with Crippen LogP contribution in [-0.4, -0.2) is 85.7 Å². The molecule has 9 nitrogen and oxygen atoms in total. The molecule has 276 valence electrons. The molecule has 1 heterocycles. The molecule has 0 radical (unpaired) electrons. The maximum absolute atomic E-state index is 15.5. The van der Waals surface area contributed by atoms with Gasteiger partial charge in [0.1, 0.15) is 23.5 Å². The van der Waals surface area contributed by atoms with Crippen LogP contribution in [0.3, 0.4) is 0 Å². The Balaban J connectivity index is 1.68. The van der Waals surface area contributed by atoms with Crippen molar-refractivity contribution in [3.05, 3.63) is 101 Å². The zero-order valence-corrected chi connectivity index (χ0v) is 30.8. The molecule has 0 aliphatic rings. The molecular weight excluding hydrogens is 716 g/mol. The first kappa shape index (κ1) is 39.8. The lowest BCUT2D eigenvalue weighted by Gasteiger charge is -2.28. The fourth-order valence-electron chi connectivity index (χ4n) is 5.50. The van der Waals surface area contributed by atoms with Crippen LogP contribution >= 0.6 is 11.8 Å². The van der Waals surface area contributed by atoms with Crippen LogP contribution in [0.15, 0.2) is 64.8 Å². The Labute approximate surface area is 298 Å². The number of carboxylic acids is 1. The quantitative estimate of drug-likeness (QED) is 0.0814. The minimum absolute atomic E-state index is 0.0105. The topological polar surface area (TPSA) is 102 Å². The van der Waals surface area contributed by atoms with Crippen molar-refractivity contribution in [2.75, 3.05) is 41.8 Å². The van der Waals surface area contributed by atoms with Crippen molar-refractivity contribution in [2.45, 2.75) is 54.0 Å². The molecule has 1 aromatic heterocycles. The number of likely N-dealkylation sites (N-methyl/N-ethyl adjacent to an activating group) is 1. The number of rotatable bonds is 15. The van der Waals surface area contributed by atoms with Crippen LogP contribution in [-0.2, 0) is 26.0 Å². The lowest BCUT2D eigenvalue weighted by molar-refractivity contribution is -0.870. The first-order valence-corrected chi connectivity index (χ1v) is 18.1. The number of carbonyl (C=O) groups is 1. The van der Waals surface area contributed by atoms with Gasteiger partial charge >= 0.3 is 5.97 Å². The van der Waals surface area contributed by atoms with Crippen molar-refractivity contribution < 1.29 is 49.5 Å². The number of carboxylic acid groups (broad SMARTS) is 1. The number of sulfonamides is 1. The summed E-state index contributed by atoms with van der Waals surface area (Å²) in [4.78, 5) is 15.7. The number of benzene rings is 3. The number of halogens is 5. The second kappa shape index (κ2) is 15.3. The van der Waals surface area contributed by atoms with Gasteiger partial charge in [-0.2, -0.15) is 8.70 Å². The third-order valence-electron chi connectivity index (χ3n) is 8.56. The molecule has 51 heavy (non-hydrogen) atoms. The highest BCUT2D eigenvalue weighted by atomic mass is 32.2. The highest BCUT2D eigenvalue weighted by molar-refractivity contribution is 7.98. The van der Waals surface area contributed by atoms with E-state index >= 15 is 8.78 Å². The smallest absolute Gasteiger partial charge is 0.322 e. The molecule has 0 fully saturated rings. The van der Waals surface area contributed by atoms with Crippen molar-refractivity contribution in [3.63, 3.8) is 0 Å². The summed E-state index contributed by atoms with van der Waals surface area (Å²) in [5.41, 5.74) is -0.381. The van der Waals surface area contributed by atoms with E-state index < -0.39 is 67.0 Å². The number of methoxy groups -OCH3 is 1. The van der Waals surface area contributed by atoms with Crippen LogP contribution < -0.4 is 4.74 Å². The molecule has 0 aliphatic carbocycles. The van der Waals surface area contributed by atoms with Crippen molar-refractivity contribution in [3.8, 4) is 11.4 Å². The van der Waals surface area contributed by atoms with Crippen LogP contribution in [0.5, 0.6) is 5.75 Å². The van der Waals surface area contributed by atoms with E-state index in [1.807, 2.05) is 21.1 Å². The van der Waals surface area contributed by atoms with Crippen LogP contribution in [0.25, 0.3) is 5.69 Å². The minimum atomic E-state index is -4.62. The van der Waals surface area contributed by atoms with E-state index in [-0.39, 0.29) is 23.1 Å². The van der Waals surface area contributed by atoms with Crippen molar-refractivity contribution in [1.82, 2.24) is 13.9 Å². The summed E-state index contributed by atoms with van der Waals surface area (Å²) in [6.45, 7) is 4.02. The van der Waals surface area contributed by atoms with Gasteiger partial charge in [-0.15, -0.1) is 0 Å². The maximum Gasteiger partial charge on any atom is 0.322 e. The number of hydrogen-bond donors (Lipinski definition) is 1. The van der Waals surface area contributed by atoms with Crippen molar-refractivity contribution >= 4 is 27.8 Å². The number of aliphatic carboxylic acids is 1. The first-order valence-electron chi connectivity index (χ1n) is 15.7. The number of ether oxygens (including phenoxy) is 1. The Morgan fingerprint density at radius 1 is 1.02 bits per heavy atom. The molecule has 0 amide bonds. The van der Waals surface area contributed by atoms with Gasteiger partial charge in [0.25, 0.3) is 0 Å². The minimum Gasteiger partial charge on any atom is -0.494 e. The van der Waals surface area contributed by atoms with E-state index in [1.165, 1.54) is 43.6 Å². The molecule has 0 saturated heterocycles. The Kier molecular flexibility index (Phi) is 12.0. The Morgan fingerprint density at radius 3 is 2.18 bits per heavy atom. The Hall–Kier alpha value is -3.99. The first-order chi connectivity index (χ1) is 23.7. The van der Waals surface area contributed by atoms with Gasteiger partial charge in [0.15, 0.2) is 16.7 Å². The van der Waals surface area contributed by atoms with Gasteiger partial charge < -0.3 is 14.3 Å². The summed E-state index contributed by atoms with van der Waals surface area (Å²) >= 11 is 0.893. The lowest BCUT2D eigenvalue weighted by Crippen LogP contribution is -2.43. The fraction of sp³-hybridized carbons (Fsp3) is 0.371. The van der Waals surface area contributed by atoms with Gasteiger partial charge in [-0.3, -0.25) is 9.36 Å². The predicted molar refractivity (Wildman–Crippen MR) is 183 cm³/mol. The zero-order chi connectivity index (χ0) is 38.1. The number of nitrogens with zero attached hydrogens (tertiary/aromatic N) is 4. The molecule has 16 heteroatoms. The summed E-state index contributed by atoms with van der Waals surface area (Å²) in [5, 5.41) is 9.97. The maximum atomic E-state index is 15.5. The normalized spacial score (nSPS) is 13.1. The lowest BCUT2D eigenvalue weighted by atomic mass is 9.81. The van der Waals surface area contributed by atoms with Crippen molar-refractivity contribution in [2.24, 2.45) is 0 Å². The fourth-order valence-corrected chi connectivity index (χ4v) is 7.87. The molecule has 4 aromatic rings. The van der Waals surface area contributed by atoms with E-state index in [0.717, 1.165) is 24.9 Å². The summed E-state index contributed by atoms with van der Waals surface area (Å²) in [7, 11) is 3.36. The zero-order valence-electron chi connectivity index (χ0n) is 29.2. The van der Waals surface area contributed by atoms with E-state index in [9.17, 15) is 31.5 Å². The van der Waals surface area contributed by atoms with E-state index in [2.05, 4.69) is 4.98 Å². The van der Waals surface area contributed by atoms with Gasteiger partial charge in [0.05, 0.1) is 51.6 Å². The molecule has 0 saturated carbocycles. The summed E-state index contributed by atoms with van der Waals surface area (Å²) < 4.78 is 108. The Morgan fingerprint density at radius 2 is 1.63 bits per heavy atom. The summed E-state index contributed by atoms with van der Waals surface area (Å²) in [5.74, 6) is -7.26. The highest BCUT2D eigenvalue weighted by Gasteiger charge is 2.35. The third kappa shape index (κ3) is 8.73. The molecule has 0 unspecified atom stereocenters. The molecule has 1 N–H and O–H groups in total. The largest absolute Gasteiger partial charge is 0.494 e. The second-order valence-corrected chi connectivity index (χ2v) is 16.5. The number of thioether (sulfide) groups is 1. The molecule has 4 rings (SSSR count). The van der Waals surface area contributed by atoms with Gasteiger partial charge in [0, 0.05) is 29.5 Å². The molecule has 0 spiro atoms. The number of aromatic nitrogens is 2. The van der Waals surface area contributed by atoms with Gasteiger partial charge in [-0.1, -0.05) is 25.6 Å². The molecule has 0 aliphatic heterocycles. The van der Waals surface area contributed by atoms with Crippen molar-refractivity contribution in [1.29, 1.82) is 0 Å². The third-order valence-corrected chi connectivity index (χ3v) is 11.4.